The van der Waals surface area contributed by atoms with Gasteiger partial charge in [-0.25, -0.2) is 0 Å². The Morgan fingerprint density at radius 3 is 2.71 bits per heavy atom. The molecule has 24 heavy (non-hydrogen) atoms. The van der Waals surface area contributed by atoms with Crippen molar-refractivity contribution in [2.45, 2.75) is 26.4 Å². The van der Waals surface area contributed by atoms with Gasteiger partial charge < -0.3 is 14.9 Å². The van der Waals surface area contributed by atoms with E-state index in [-0.39, 0.29) is 0 Å². The molecule has 2 atom stereocenters. The number of ether oxygens (including phenoxy) is 1. The summed E-state index contributed by atoms with van der Waals surface area (Å²) in [4.78, 5) is 16.0. The standard InChI is InChI=1S/C19H23NO4/c1-13(21)16-7-6-15-5-4-14(12-17(15)20-16)8-9-19(2,18(22)23)10-11-24-3/h4-9,12-13,21H,10-11H2,1-3H3,(H,22,23)/b9-8+/t13-,19?/m1/s1. The Balaban J connectivity index is 2.32. The number of carboxylic acids is 1. The van der Waals surface area contributed by atoms with Crippen LogP contribution in [0.2, 0.25) is 0 Å². The number of pyridine rings is 1. The highest BCUT2D eigenvalue weighted by Crippen LogP contribution is 2.26. The van der Waals surface area contributed by atoms with Crippen LogP contribution in [0.5, 0.6) is 0 Å². The first-order valence-electron chi connectivity index (χ1n) is 7.86. The average molecular weight is 329 g/mol. The zero-order chi connectivity index (χ0) is 17.7. The molecular formula is C19H23NO4. The quantitative estimate of drug-likeness (QED) is 0.813. The summed E-state index contributed by atoms with van der Waals surface area (Å²) in [5.41, 5.74) is 1.26. The molecule has 1 aromatic carbocycles. The highest BCUT2D eigenvalue weighted by Gasteiger charge is 2.29. The number of hydrogen-bond acceptors (Lipinski definition) is 4. The van der Waals surface area contributed by atoms with Crippen molar-refractivity contribution in [2.24, 2.45) is 5.41 Å². The normalized spacial score (nSPS) is 15.5. The fourth-order valence-electron chi connectivity index (χ4n) is 2.34. The predicted octanol–water partition coefficient (Wildman–Crippen LogP) is 3.43. The van der Waals surface area contributed by atoms with Gasteiger partial charge in [0.15, 0.2) is 0 Å². The largest absolute Gasteiger partial charge is 0.481 e. The highest BCUT2D eigenvalue weighted by atomic mass is 16.5. The number of carboxylic acid groups (broad SMARTS) is 1. The fraction of sp³-hybridized carbons (Fsp3) is 0.368. The lowest BCUT2D eigenvalue weighted by molar-refractivity contribution is -0.145. The summed E-state index contributed by atoms with van der Waals surface area (Å²) in [5.74, 6) is -0.883. The summed E-state index contributed by atoms with van der Waals surface area (Å²) in [6, 6.07) is 9.45. The number of aliphatic hydroxyl groups excluding tert-OH is 1. The summed E-state index contributed by atoms with van der Waals surface area (Å²) >= 11 is 0. The van der Waals surface area contributed by atoms with Crippen LogP contribution >= 0.6 is 0 Å². The molecule has 0 saturated carbocycles. The minimum Gasteiger partial charge on any atom is -0.481 e. The Hall–Kier alpha value is -2.24. The van der Waals surface area contributed by atoms with Crippen molar-refractivity contribution >= 4 is 22.9 Å². The van der Waals surface area contributed by atoms with E-state index >= 15 is 0 Å². The fourth-order valence-corrected chi connectivity index (χ4v) is 2.34. The predicted molar refractivity (Wildman–Crippen MR) is 93.6 cm³/mol. The van der Waals surface area contributed by atoms with E-state index in [1.165, 1.54) is 0 Å². The Morgan fingerprint density at radius 2 is 2.08 bits per heavy atom. The van der Waals surface area contributed by atoms with Gasteiger partial charge in [-0.3, -0.25) is 9.78 Å². The Kier molecular flexibility index (Phi) is 5.70. The first-order chi connectivity index (χ1) is 11.4. The number of methoxy groups -OCH3 is 1. The van der Waals surface area contributed by atoms with Gasteiger partial charge in [-0.2, -0.15) is 0 Å². The molecule has 128 valence electrons. The van der Waals surface area contributed by atoms with Crippen LogP contribution < -0.4 is 0 Å². The molecule has 2 rings (SSSR count). The van der Waals surface area contributed by atoms with Crippen LogP contribution in [-0.4, -0.2) is 34.9 Å². The highest BCUT2D eigenvalue weighted by molar-refractivity contribution is 5.82. The number of rotatable bonds is 7. The lowest BCUT2D eigenvalue weighted by Gasteiger charge is -2.20. The Bertz CT molecular complexity index is 754. The zero-order valence-electron chi connectivity index (χ0n) is 14.2. The van der Waals surface area contributed by atoms with Crippen molar-refractivity contribution in [3.63, 3.8) is 0 Å². The van der Waals surface area contributed by atoms with E-state index in [4.69, 9.17) is 4.74 Å². The van der Waals surface area contributed by atoms with Crippen molar-refractivity contribution in [3.05, 3.63) is 47.7 Å². The molecule has 0 aliphatic heterocycles. The summed E-state index contributed by atoms with van der Waals surface area (Å²) in [5, 5.41) is 20.1. The first-order valence-corrected chi connectivity index (χ1v) is 7.86. The number of aliphatic carboxylic acids is 1. The van der Waals surface area contributed by atoms with E-state index in [1.54, 1.807) is 39.2 Å². The summed E-state index contributed by atoms with van der Waals surface area (Å²) in [6.45, 7) is 3.73. The van der Waals surface area contributed by atoms with Crippen LogP contribution in [0.3, 0.4) is 0 Å². The summed E-state index contributed by atoms with van der Waals surface area (Å²) in [6.07, 6.45) is 3.25. The minimum atomic E-state index is -0.986. The van der Waals surface area contributed by atoms with E-state index in [0.29, 0.717) is 18.7 Å². The monoisotopic (exact) mass is 329 g/mol. The van der Waals surface area contributed by atoms with Crippen LogP contribution in [0.4, 0.5) is 0 Å². The number of benzene rings is 1. The molecule has 0 aliphatic rings. The summed E-state index contributed by atoms with van der Waals surface area (Å²) in [7, 11) is 1.56. The molecule has 0 aliphatic carbocycles. The van der Waals surface area contributed by atoms with Crippen LogP contribution in [0.25, 0.3) is 17.0 Å². The molecule has 0 radical (unpaired) electrons. The van der Waals surface area contributed by atoms with Crippen molar-refractivity contribution in [2.75, 3.05) is 13.7 Å². The number of carbonyl (C=O) groups is 1. The molecule has 1 unspecified atom stereocenters. The molecule has 1 heterocycles. The van der Waals surface area contributed by atoms with Crippen molar-refractivity contribution in [1.29, 1.82) is 0 Å². The van der Waals surface area contributed by atoms with Gasteiger partial charge in [0.2, 0.25) is 0 Å². The van der Waals surface area contributed by atoms with Gasteiger partial charge in [-0.1, -0.05) is 30.4 Å². The van der Waals surface area contributed by atoms with E-state index in [1.807, 2.05) is 24.3 Å². The maximum absolute atomic E-state index is 11.5. The van der Waals surface area contributed by atoms with Crippen LogP contribution in [0, 0.1) is 5.41 Å². The topological polar surface area (TPSA) is 79.7 Å². The molecule has 1 aromatic heterocycles. The number of fused-ring (bicyclic) bond motifs is 1. The second kappa shape index (κ2) is 7.55. The molecule has 2 aromatic rings. The SMILES string of the molecule is COCCC(C)(/C=C/c1ccc2ccc([C@@H](C)O)nc2c1)C(=O)O. The van der Waals surface area contributed by atoms with E-state index in [2.05, 4.69) is 4.98 Å². The summed E-state index contributed by atoms with van der Waals surface area (Å²) < 4.78 is 5.00. The molecule has 0 saturated heterocycles. The van der Waals surface area contributed by atoms with Gasteiger partial charge in [0.05, 0.1) is 22.7 Å². The lowest BCUT2D eigenvalue weighted by atomic mass is 9.86. The van der Waals surface area contributed by atoms with Crippen LogP contribution in [-0.2, 0) is 9.53 Å². The van der Waals surface area contributed by atoms with Crippen LogP contribution in [0.15, 0.2) is 36.4 Å². The third-order valence-corrected chi connectivity index (χ3v) is 4.12. The van der Waals surface area contributed by atoms with Gasteiger partial charge in [0, 0.05) is 19.1 Å². The molecule has 0 amide bonds. The van der Waals surface area contributed by atoms with Crippen molar-refractivity contribution < 1.29 is 19.7 Å². The maximum Gasteiger partial charge on any atom is 0.313 e. The maximum atomic E-state index is 11.5. The molecule has 0 fully saturated rings. The third kappa shape index (κ3) is 4.19. The van der Waals surface area contributed by atoms with Gasteiger partial charge in [0.1, 0.15) is 0 Å². The Morgan fingerprint density at radius 1 is 1.38 bits per heavy atom. The first kappa shape index (κ1) is 18.1. The molecule has 0 spiro atoms. The van der Waals surface area contributed by atoms with Gasteiger partial charge in [0.25, 0.3) is 0 Å². The smallest absolute Gasteiger partial charge is 0.313 e. The van der Waals surface area contributed by atoms with Crippen molar-refractivity contribution in [3.8, 4) is 0 Å². The average Bonchev–Trinajstić information content (AvgIpc) is 2.57. The minimum absolute atomic E-state index is 0.379. The Labute approximate surface area is 141 Å². The second-order valence-corrected chi connectivity index (χ2v) is 6.16. The van der Waals surface area contributed by atoms with Gasteiger partial charge >= 0.3 is 5.97 Å². The van der Waals surface area contributed by atoms with Crippen LogP contribution in [0.1, 0.15) is 37.6 Å². The molecule has 0 bridgehead atoms. The molecule has 2 N–H and O–H groups in total. The zero-order valence-corrected chi connectivity index (χ0v) is 14.2. The lowest BCUT2D eigenvalue weighted by Crippen LogP contribution is -2.26. The van der Waals surface area contributed by atoms with E-state index < -0.39 is 17.5 Å². The van der Waals surface area contributed by atoms with Crippen molar-refractivity contribution in [1.82, 2.24) is 4.98 Å². The molecule has 5 nitrogen and oxygen atoms in total. The number of aromatic nitrogens is 1. The van der Waals surface area contributed by atoms with Gasteiger partial charge in [-0.15, -0.1) is 0 Å². The number of aliphatic hydroxyl groups is 1. The van der Waals surface area contributed by atoms with E-state index in [9.17, 15) is 15.0 Å². The number of nitrogens with zero attached hydrogens (tertiary/aromatic N) is 1. The number of hydrogen-bond donors (Lipinski definition) is 2. The molecule has 5 heteroatoms. The second-order valence-electron chi connectivity index (χ2n) is 6.16. The van der Waals surface area contributed by atoms with Gasteiger partial charge in [-0.05, 0) is 38.0 Å². The molecular weight excluding hydrogens is 306 g/mol. The third-order valence-electron chi connectivity index (χ3n) is 4.12. The van der Waals surface area contributed by atoms with E-state index in [0.717, 1.165) is 16.5 Å².